The van der Waals surface area contributed by atoms with Crippen molar-refractivity contribution >= 4 is 5.82 Å². The van der Waals surface area contributed by atoms with E-state index in [1.54, 1.807) is 0 Å². The molecule has 20 heavy (non-hydrogen) atoms. The number of aromatic nitrogens is 2. The Balaban J connectivity index is 2.54. The summed E-state index contributed by atoms with van der Waals surface area (Å²) in [5.41, 5.74) is 2.64. The van der Waals surface area contributed by atoms with Gasteiger partial charge in [-0.2, -0.15) is 10.4 Å². The highest BCUT2D eigenvalue weighted by atomic mass is 15.3. The average molecular weight is 273 g/mol. The first kappa shape index (κ1) is 14.7. The Morgan fingerprint density at radius 2 is 2.05 bits per heavy atom. The second kappa shape index (κ2) is 5.76. The van der Waals surface area contributed by atoms with Gasteiger partial charge in [0.25, 0.3) is 0 Å². The lowest BCUT2D eigenvalue weighted by atomic mass is 9.97. The summed E-state index contributed by atoms with van der Waals surface area (Å²) in [6.45, 7) is 11.1. The van der Waals surface area contributed by atoms with Gasteiger partial charge >= 0.3 is 0 Å². The lowest BCUT2D eigenvalue weighted by Gasteiger charge is -2.43. The largest absolute Gasteiger partial charge is 0.346 e. The molecule has 0 amide bonds. The minimum absolute atomic E-state index is 0.0583. The molecule has 1 aliphatic rings. The predicted octanol–water partition coefficient (Wildman–Crippen LogP) is 1.66. The van der Waals surface area contributed by atoms with Gasteiger partial charge in [-0.05, 0) is 32.3 Å². The fourth-order valence-electron chi connectivity index (χ4n) is 2.84. The zero-order valence-corrected chi connectivity index (χ0v) is 12.8. The zero-order valence-electron chi connectivity index (χ0n) is 12.8. The highest BCUT2D eigenvalue weighted by Gasteiger charge is 2.33. The molecule has 0 atom stereocenters. The van der Waals surface area contributed by atoms with Crippen molar-refractivity contribution in [1.82, 2.24) is 15.5 Å². The third-order valence-corrected chi connectivity index (χ3v) is 4.00. The van der Waals surface area contributed by atoms with E-state index < -0.39 is 0 Å². The normalized spacial score (nSPS) is 17.9. The Hall–Kier alpha value is -1.67. The van der Waals surface area contributed by atoms with Crippen LogP contribution in [0.3, 0.4) is 0 Å². The van der Waals surface area contributed by atoms with E-state index in [1.807, 2.05) is 0 Å². The number of hydrogen-bond donors (Lipinski definition) is 1. The van der Waals surface area contributed by atoms with E-state index in [4.69, 9.17) is 0 Å². The van der Waals surface area contributed by atoms with Crippen LogP contribution in [0.25, 0.3) is 0 Å². The van der Waals surface area contributed by atoms with Gasteiger partial charge in [0.15, 0.2) is 5.82 Å². The van der Waals surface area contributed by atoms with Crippen LogP contribution < -0.4 is 10.2 Å². The molecule has 0 bridgehead atoms. The van der Waals surface area contributed by atoms with Crippen LogP contribution in [0, 0.1) is 11.3 Å². The lowest BCUT2D eigenvalue weighted by Crippen LogP contribution is -2.58. The van der Waals surface area contributed by atoms with Crippen LogP contribution in [-0.4, -0.2) is 35.4 Å². The molecule has 1 aromatic heterocycles. The molecule has 0 unspecified atom stereocenters. The maximum Gasteiger partial charge on any atom is 0.170 e. The summed E-state index contributed by atoms with van der Waals surface area (Å²) in [7, 11) is 0. The Kier molecular flexibility index (Phi) is 4.24. The molecule has 0 aliphatic carbocycles. The highest BCUT2D eigenvalue weighted by Crippen LogP contribution is 2.29. The minimum Gasteiger partial charge on any atom is -0.346 e. The SMILES string of the molecule is CCc1nnc(N2CCNCC2(C)C)c(C#N)c1CC. The summed E-state index contributed by atoms with van der Waals surface area (Å²) in [4.78, 5) is 2.22. The molecule has 0 radical (unpaired) electrons. The summed E-state index contributed by atoms with van der Waals surface area (Å²) < 4.78 is 0. The van der Waals surface area contributed by atoms with Crippen molar-refractivity contribution in [2.24, 2.45) is 0 Å². The van der Waals surface area contributed by atoms with Gasteiger partial charge in [0.05, 0.1) is 5.69 Å². The van der Waals surface area contributed by atoms with E-state index in [0.717, 1.165) is 49.6 Å². The topological polar surface area (TPSA) is 64.8 Å². The summed E-state index contributed by atoms with van der Waals surface area (Å²) in [6.07, 6.45) is 1.64. The number of nitrogens with one attached hydrogen (secondary N) is 1. The number of rotatable bonds is 3. The number of piperazine rings is 1. The summed E-state index contributed by atoms with van der Waals surface area (Å²) in [5, 5.41) is 21.7. The standard InChI is InChI=1S/C15H23N5/c1-5-11-12(9-16)14(19-18-13(11)6-2)20-8-7-17-10-15(20,3)4/h17H,5-8,10H2,1-4H3. The van der Waals surface area contributed by atoms with Crippen LogP contribution in [0.4, 0.5) is 5.82 Å². The van der Waals surface area contributed by atoms with Gasteiger partial charge < -0.3 is 10.2 Å². The second-order valence-electron chi connectivity index (χ2n) is 5.78. The second-order valence-corrected chi connectivity index (χ2v) is 5.78. The van der Waals surface area contributed by atoms with Crippen molar-refractivity contribution in [1.29, 1.82) is 5.26 Å². The van der Waals surface area contributed by atoms with Crippen LogP contribution >= 0.6 is 0 Å². The molecule has 1 N–H and O–H groups in total. The van der Waals surface area contributed by atoms with Crippen molar-refractivity contribution in [3.8, 4) is 6.07 Å². The van der Waals surface area contributed by atoms with E-state index in [-0.39, 0.29) is 5.54 Å². The number of anilines is 1. The number of aryl methyl sites for hydroxylation is 1. The Morgan fingerprint density at radius 1 is 1.30 bits per heavy atom. The molecule has 1 aromatic rings. The summed E-state index contributed by atoms with van der Waals surface area (Å²) in [6, 6.07) is 2.36. The zero-order chi connectivity index (χ0) is 14.8. The molecule has 2 rings (SSSR count). The van der Waals surface area contributed by atoms with Crippen molar-refractivity contribution < 1.29 is 0 Å². The average Bonchev–Trinajstić information content (AvgIpc) is 2.45. The lowest BCUT2D eigenvalue weighted by molar-refractivity contribution is 0.376. The molecule has 108 valence electrons. The summed E-state index contributed by atoms with van der Waals surface area (Å²) in [5.74, 6) is 0.744. The number of nitriles is 1. The fourth-order valence-corrected chi connectivity index (χ4v) is 2.84. The van der Waals surface area contributed by atoms with Crippen molar-refractivity contribution in [3.63, 3.8) is 0 Å². The van der Waals surface area contributed by atoms with E-state index in [9.17, 15) is 5.26 Å². The van der Waals surface area contributed by atoms with Gasteiger partial charge in [0, 0.05) is 25.2 Å². The monoisotopic (exact) mass is 273 g/mol. The Bertz CT molecular complexity index is 530. The molecular weight excluding hydrogens is 250 g/mol. The third kappa shape index (κ3) is 2.48. The van der Waals surface area contributed by atoms with Gasteiger partial charge in [-0.3, -0.25) is 0 Å². The quantitative estimate of drug-likeness (QED) is 0.907. The molecule has 1 aliphatic heterocycles. The van der Waals surface area contributed by atoms with Crippen molar-refractivity contribution in [3.05, 3.63) is 16.8 Å². The smallest absolute Gasteiger partial charge is 0.170 e. The number of nitrogens with zero attached hydrogens (tertiary/aromatic N) is 4. The van der Waals surface area contributed by atoms with Crippen LogP contribution in [0.5, 0.6) is 0 Å². The minimum atomic E-state index is -0.0583. The van der Waals surface area contributed by atoms with E-state index in [1.165, 1.54) is 0 Å². The fraction of sp³-hybridized carbons (Fsp3) is 0.667. The maximum absolute atomic E-state index is 9.59. The van der Waals surface area contributed by atoms with Gasteiger partial charge in [-0.15, -0.1) is 5.10 Å². The number of hydrogen-bond acceptors (Lipinski definition) is 5. The molecule has 5 nitrogen and oxygen atoms in total. The van der Waals surface area contributed by atoms with Gasteiger partial charge in [-0.1, -0.05) is 13.8 Å². The molecule has 1 fully saturated rings. The van der Waals surface area contributed by atoms with E-state index in [2.05, 4.69) is 54.2 Å². The molecule has 2 heterocycles. The van der Waals surface area contributed by atoms with Crippen LogP contribution in [0.2, 0.25) is 0 Å². The third-order valence-electron chi connectivity index (χ3n) is 4.00. The molecule has 5 heteroatoms. The van der Waals surface area contributed by atoms with Crippen molar-refractivity contribution in [2.45, 2.75) is 46.1 Å². The first-order chi connectivity index (χ1) is 9.55. The van der Waals surface area contributed by atoms with Gasteiger partial charge in [-0.25, -0.2) is 0 Å². The van der Waals surface area contributed by atoms with Crippen LogP contribution in [-0.2, 0) is 12.8 Å². The molecule has 0 aromatic carbocycles. The first-order valence-electron chi connectivity index (χ1n) is 7.32. The van der Waals surface area contributed by atoms with E-state index in [0.29, 0.717) is 5.56 Å². The van der Waals surface area contributed by atoms with Gasteiger partial charge in [0.2, 0.25) is 0 Å². The maximum atomic E-state index is 9.59. The Labute approximate surface area is 121 Å². The molecule has 1 saturated heterocycles. The Morgan fingerprint density at radius 3 is 2.60 bits per heavy atom. The first-order valence-corrected chi connectivity index (χ1v) is 7.32. The predicted molar refractivity (Wildman–Crippen MR) is 79.8 cm³/mol. The molecule has 0 saturated carbocycles. The highest BCUT2D eigenvalue weighted by molar-refractivity contribution is 5.59. The van der Waals surface area contributed by atoms with Crippen LogP contribution in [0.1, 0.15) is 44.5 Å². The van der Waals surface area contributed by atoms with Gasteiger partial charge in [0.1, 0.15) is 11.6 Å². The summed E-state index contributed by atoms with van der Waals surface area (Å²) >= 11 is 0. The molecular formula is C15H23N5. The van der Waals surface area contributed by atoms with E-state index >= 15 is 0 Å². The van der Waals surface area contributed by atoms with Crippen molar-refractivity contribution in [2.75, 3.05) is 24.5 Å². The van der Waals surface area contributed by atoms with Crippen LogP contribution in [0.15, 0.2) is 0 Å². The molecule has 0 spiro atoms.